The highest BCUT2D eigenvalue weighted by molar-refractivity contribution is 6.15. The van der Waals surface area contributed by atoms with Crippen LogP contribution in [0.1, 0.15) is 26.2 Å². The zero-order valence-electron chi connectivity index (χ0n) is 10.7. The number of aliphatic imine (C=N–C) groups is 1. The van der Waals surface area contributed by atoms with E-state index in [4.69, 9.17) is 0 Å². The van der Waals surface area contributed by atoms with Crippen LogP contribution in [0.5, 0.6) is 0 Å². The van der Waals surface area contributed by atoms with Gasteiger partial charge in [-0.3, -0.25) is 14.5 Å². The molecule has 0 aromatic heterocycles. The van der Waals surface area contributed by atoms with Crippen LogP contribution in [0, 0.1) is 0 Å². The van der Waals surface area contributed by atoms with Crippen molar-refractivity contribution in [3.05, 3.63) is 0 Å². The van der Waals surface area contributed by atoms with Crippen LogP contribution in [-0.2, 0) is 9.59 Å². The molecule has 1 unspecified atom stereocenters. The van der Waals surface area contributed by atoms with E-state index >= 15 is 0 Å². The van der Waals surface area contributed by atoms with Gasteiger partial charge in [0.1, 0.15) is 12.3 Å². The number of amides is 2. The summed E-state index contributed by atoms with van der Waals surface area (Å²) >= 11 is 0. The Morgan fingerprint density at radius 1 is 1.33 bits per heavy atom. The second-order valence-corrected chi connectivity index (χ2v) is 4.71. The molecule has 0 bridgehead atoms. The summed E-state index contributed by atoms with van der Waals surface area (Å²) in [4.78, 5) is 29.1. The number of hydrogen-bond donors (Lipinski definition) is 2. The molecule has 2 heterocycles. The van der Waals surface area contributed by atoms with Gasteiger partial charge in [-0.25, -0.2) is 0 Å². The molecule has 18 heavy (non-hydrogen) atoms. The van der Waals surface area contributed by atoms with E-state index in [0.717, 1.165) is 39.0 Å². The van der Waals surface area contributed by atoms with E-state index in [0.29, 0.717) is 5.84 Å². The van der Waals surface area contributed by atoms with E-state index in [1.807, 2.05) is 0 Å². The number of nitrogens with zero attached hydrogens (tertiary/aromatic N) is 2. The maximum atomic E-state index is 11.4. The summed E-state index contributed by atoms with van der Waals surface area (Å²) in [6, 6.07) is 0.0605. The molecule has 0 aromatic carbocycles. The summed E-state index contributed by atoms with van der Waals surface area (Å²) in [6.45, 7) is 5.83. The van der Waals surface area contributed by atoms with Crippen molar-refractivity contribution < 1.29 is 9.59 Å². The molecular weight excluding hydrogens is 232 g/mol. The third kappa shape index (κ3) is 3.14. The number of piperazine rings is 1. The summed E-state index contributed by atoms with van der Waals surface area (Å²) in [6.07, 6.45) is 1.79. The Kier molecular flexibility index (Phi) is 4.43. The fourth-order valence-electron chi connectivity index (χ4n) is 2.44. The third-order valence-electron chi connectivity index (χ3n) is 3.29. The molecule has 0 saturated carbocycles. The minimum absolute atomic E-state index is 0.0605. The maximum Gasteiger partial charge on any atom is 0.256 e. The fourth-order valence-corrected chi connectivity index (χ4v) is 2.44. The lowest BCUT2D eigenvalue weighted by molar-refractivity contribution is -0.127. The molecular formula is C12H20N4O2. The van der Waals surface area contributed by atoms with Crippen molar-refractivity contribution in [1.29, 1.82) is 0 Å². The Morgan fingerprint density at radius 3 is 2.67 bits per heavy atom. The molecule has 2 aliphatic heterocycles. The predicted octanol–water partition coefficient (Wildman–Crippen LogP) is -0.495. The van der Waals surface area contributed by atoms with Crippen LogP contribution < -0.4 is 10.6 Å². The van der Waals surface area contributed by atoms with E-state index in [2.05, 4.69) is 27.4 Å². The molecule has 0 spiro atoms. The monoisotopic (exact) mass is 252 g/mol. The largest absolute Gasteiger partial charge is 0.314 e. The Hall–Kier alpha value is -1.27. The molecule has 100 valence electrons. The van der Waals surface area contributed by atoms with Gasteiger partial charge in [0.2, 0.25) is 5.91 Å². The molecule has 2 amide bonds. The number of amidine groups is 1. The molecule has 6 nitrogen and oxygen atoms in total. The van der Waals surface area contributed by atoms with E-state index in [9.17, 15) is 9.59 Å². The van der Waals surface area contributed by atoms with Gasteiger partial charge in [-0.05, 0) is 6.42 Å². The summed E-state index contributed by atoms with van der Waals surface area (Å²) in [5.74, 6) is -0.0220. The highest BCUT2D eigenvalue weighted by atomic mass is 16.2. The average molecular weight is 252 g/mol. The maximum absolute atomic E-state index is 11.4. The lowest BCUT2D eigenvalue weighted by atomic mass is 10.1. The SMILES string of the molecule is CCCC(C1=NC(=O)CC(=O)N1)N1CCNCC1. The zero-order valence-corrected chi connectivity index (χ0v) is 10.7. The minimum Gasteiger partial charge on any atom is -0.314 e. The molecule has 2 aliphatic rings. The van der Waals surface area contributed by atoms with Crippen molar-refractivity contribution >= 4 is 17.6 Å². The summed E-state index contributed by atoms with van der Waals surface area (Å²) in [5, 5.41) is 6.05. The van der Waals surface area contributed by atoms with Crippen molar-refractivity contribution in [3.8, 4) is 0 Å². The average Bonchev–Trinajstić information content (AvgIpc) is 2.36. The first-order valence-corrected chi connectivity index (χ1v) is 6.56. The summed E-state index contributed by atoms with van der Waals surface area (Å²) < 4.78 is 0. The van der Waals surface area contributed by atoms with Crippen molar-refractivity contribution in [1.82, 2.24) is 15.5 Å². The molecule has 1 saturated heterocycles. The van der Waals surface area contributed by atoms with Crippen molar-refractivity contribution in [2.75, 3.05) is 26.2 Å². The van der Waals surface area contributed by atoms with Gasteiger partial charge >= 0.3 is 0 Å². The molecule has 0 radical (unpaired) electrons. The van der Waals surface area contributed by atoms with E-state index in [1.54, 1.807) is 0 Å². The normalized spacial score (nSPS) is 23.5. The minimum atomic E-state index is -0.329. The van der Waals surface area contributed by atoms with E-state index in [-0.39, 0.29) is 24.3 Å². The van der Waals surface area contributed by atoms with E-state index in [1.165, 1.54) is 0 Å². The smallest absolute Gasteiger partial charge is 0.256 e. The van der Waals surface area contributed by atoms with Crippen LogP contribution in [0.15, 0.2) is 4.99 Å². The number of nitrogens with one attached hydrogen (secondary N) is 2. The van der Waals surface area contributed by atoms with Gasteiger partial charge in [0, 0.05) is 26.2 Å². The quantitative estimate of drug-likeness (QED) is 0.662. The number of carbonyl (C=O) groups is 2. The lowest BCUT2D eigenvalue weighted by Crippen LogP contribution is -2.56. The van der Waals surface area contributed by atoms with Crippen LogP contribution in [0.3, 0.4) is 0 Å². The van der Waals surface area contributed by atoms with E-state index < -0.39 is 0 Å². The Morgan fingerprint density at radius 2 is 2.06 bits per heavy atom. The molecule has 1 atom stereocenters. The highest BCUT2D eigenvalue weighted by Crippen LogP contribution is 2.12. The topological polar surface area (TPSA) is 73.8 Å². The molecule has 2 rings (SSSR count). The van der Waals surface area contributed by atoms with Gasteiger partial charge in [-0.2, -0.15) is 4.99 Å². The van der Waals surface area contributed by atoms with Crippen LogP contribution in [0.4, 0.5) is 0 Å². The predicted molar refractivity (Wildman–Crippen MR) is 68.3 cm³/mol. The van der Waals surface area contributed by atoms with Gasteiger partial charge in [0.05, 0.1) is 6.04 Å². The van der Waals surface area contributed by atoms with Gasteiger partial charge in [-0.15, -0.1) is 0 Å². The second-order valence-electron chi connectivity index (χ2n) is 4.71. The third-order valence-corrected chi connectivity index (χ3v) is 3.29. The number of carbonyl (C=O) groups excluding carboxylic acids is 2. The first-order valence-electron chi connectivity index (χ1n) is 6.56. The fraction of sp³-hybridized carbons (Fsp3) is 0.750. The molecule has 6 heteroatoms. The summed E-state index contributed by atoms with van der Waals surface area (Å²) in [7, 11) is 0. The first-order chi connectivity index (χ1) is 8.70. The molecule has 1 fully saturated rings. The van der Waals surface area contributed by atoms with Crippen molar-refractivity contribution in [2.45, 2.75) is 32.2 Å². The second kappa shape index (κ2) is 6.06. The Bertz CT molecular complexity index is 361. The number of hydrogen-bond acceptors (Lipinski definition) is 4. The van der Waals surface area contributed by atoms with Gasteiger partial charge in [-0.1, -0.05) is 13.3 Å². The molecule has 0 aromatic rings. The molecule has 2 N–H and O–H groups in total. The first kappa shape index (κ1) is 13.2. The van der Waals surface area contributed by atoms with Crippen molar-refractivity contribution in [3.63, 3.8) is 0 Å². The lowest BCUT2D eigenvalue weighted by Gasteiger charge is -2.36. The van der Waals surface area contributed by atoms with Crippen LogP contribution in [0.2, 0.25) is 0 Å². The Balaban J connectivity index is 2.12. The standard InChI is InChI=1S/C12H20N4O2/c1-2-3-9(16-6-4-13-5-7-16)12-14-10(17)8-11(18)15-12/h9,13H,2-8H2,1H3,(H,14,15,17,18). The zero-order chi connectivity index (χ0) is 13.0. The van der Waals surface area contributed by atoms with Crippen molar-refractivity contribution in [2.24, 2.45) is 4.99 Å². The number of rotatable bonds is 4. The van der Waals surface area contributed by atoms with Gasteiger partial charge in [0.15, 0.2) is 0 Å². The van der Waals surface area contributed by atoms with Crippen LogP contribution in [0.25, 0.3) is 0 Å². The highest BCUT2D eigenvalue weighted by Gasteiger charge is 2.29. The van der Waals surface area contributed by atoms with Crippen LogP contribution >= 0.6 is 0 Å². The Labute approximate surface area is 107 Å². The van der Waals surface area contributed by atoms with Gasteiger partial charge in [0.25, 0.3) is 5.91 Å². The summed E-state index contributed by atoms with van der Waals surface area (Å²) in [5.41, 5.74) is 0. The van der Waals surface area contributed by atoms with Gasteiger partial charge < -0.3 is 10.6 Å². The molecule has 0 aliphatic carbocycles. The van der Waals surface area contributed by atoms with Crippen LogP contribution in [-0.4, -0.2) is 54.8 Å².